The van der Waals surface area contributed by atoms with Gasteiger partial charge in [0.1, 0.15) is 0 Å². The lowest BCUT2D eigenvalue weighted by Crippen LogP contribution is -2.59. The number of carbonyl (C=O) groups is 1. The monoisotopic (exact) mass is 267 g/mol. The molecule has 0 aromatic heterocycles. The van der Waals surface area contributed by atoms with Gasteiger partial charge in [-0.3, -0.25) is 0 Å². The fourth-order valence-electron chi connectivity index (χ4n) is 3.53. The summed E-state index contributed by atoms with van der Waals surface area (Å²) in [5, 5.41) is 3.26. The lowest BCUT2D eigenvalue weighted by atomic mass is 9.76. The molecule has 1 saturated heterocycles. The van der Waals surface area contributed by atoms with Crippen molar-refractivity contribution in [1.29, 1.82) is 0 Å². The minimum atomic E-state index is -0.155. The summed E-state index contributed by atoms with van der Waals surface area (Å²) in [7, 11) is 0. The maximum atomic E-state index is 12.4. The first-order valence-corrected chi connectivity index (χ1v) is 7.82. The van der Waals surface area contributed by atoms with Crippen LogP contribution in [0.25, 0.3) is 0 Å². The number of likely N-dealkylation sites (tertiary alicyclic amines) is 1. The summed E-state index contributed by atoms with van der Waals surface area (Å²) in [5.41, 5.74) is 5.81. The van der Waals surface area contributed by atoms with E-state index in [-0.39, 0.29) is 11.6 Å². The summed E-state index contributed by atoms with van der Waals surface area (Å²) < 4.78 is 0. The minimum absolute atomic E-state index is 0.103. The van der Waals surface area contributed by atoms with Gasteiger partial charge in [0.05, 0.1) is 5.54 Å². The first kappa shape index (κ1) is 14.6. The second kappa shape index (κ2) is 6.12. The van der Waals surface area contributed by atoms with Gasteiger partial charge in [-0.25, -0.2) is 4.79 Å². The van der Waals surface area contributed by atoms with Gasteiger partial charge in [-0.15, -0.1) is 0 Å². The number of hydrogen-bond donors (Lipinski definition) is 2. The van der Waals surface area contributed by atoms with E-state index in [4.69, 9.17) is 5.73 Å². The topological polar surface area (TPSA) is 58.4 Å². The molecule has 0 spiro atoms. The highest BCUT2D eigenvalue weighted by atomic mass is 16.2. The van der Waals surface area contributed by atoms with Crippen LogP contribution < -0.4 is 11.1 Å². The largest absolute Gasteiger partial charge is 0.331 e. The van der Waals surface area contributed by atoms with Crippen LogP contribution in [0.1, 0.15) is 52.4 Å². The van der Waals surface area contributed by atoms with Crippen LogP contribution in [-0.2, 0) is 0 Å². The molecule has 1 aliphatic heterocycles. The Morgan fingerprint density at radius 2 is 1.95 bits per heavy atom. The SMILES string of the molecule is CC1CCN(C(=O)NC2(CN)CCCC(C)C2)CC1. The smallest absolute Gasteiger partial charge is 0.317 e. The second-order valence-electron chi connectivity index (χ2n) is 6.79. The third kappa shape index (κ3) is 3.62. The average Bonchev–Trinajstić information content (AvgIpc) is 2.39. The molecule has 110 valence electrons. The number of piperidine rings is 1. The highest BCUT2D eigenvalue weighted by Gasteiger charge is 2.36. The summed E-state index contributed by atoms with van der Waals surface area (Å²) in [5.74, 6) is 1.42. The summed E-state index contributed by atoms with van der Waals surface area (Å²) in [6.45, 7) is 6.87. The van der Waals surface area contributed by atoms with Crippen molar-refractivity contribution in [3.63, 3.8) is 0 Å². The van der Waals surface area contributed by atoms with Gasteiger partial charge in [-0.05, 0) is 37.5 Å². The molecule has 4 heteroatoms. The third-order valence-corrected chi connectivity index (χ3v) is 4.93. The molecule has 0 bridgehead atoms. The number of nitrogens with zero attached hydrogens (tertiary/aromatic N) is 1. The Labute approximate surface area is 117 Å². The van der Waals surface area contributed by atoms with E-state index in [1.807, 2.05) is 4.90 Å². The van der Waals surface area contributed by atoms with Gasteiger partial charge in [0.25, 0.3) is 0 Å². The highest BCUT2D eigenvalue weighted by molar-refractivity contribution is 5.75. The molecule has 1 saturated carbocycles. The van der Waals surface area contributed by atoms with E-state index in [9.17, 15) is 4.79 Å². The van der Waals surface area contributed by atoms with Crippen LogP contribution in [0, 0.1) is 11.8 Å². The lowest BCUT2D eigenvalue weighted by molar-refractivity contribution is 0.143. The van der Waals surface area contributed by atoms with Crippen molar-refractivity contribution in [2.75, 3.05) is 19.6 Å². The summed E-state index contributed by atoms with van der Waals surface area (Å²) in [4.78, 5) is 14.4. The zero-order valence-electron chi connectivity index (χ0n) is 12.5. The quantitative estimate of drug-likeness (QED) is 0.807. The normalized spacial score (nSPS) is 33.2. The van der Waals surface area contributed by atoms with Crippen LogP contribution in [0.3, 0.4) is 0 Å². The molecule has 19 heavy (non-hydrogen) atoms. The molecular formula is C15H29N3O. The molecule has 2 aliphatic rings. The van der Waals surface area contributed by atoms with Crippen molar-refractivity contribution in [3.05, 3.63) is 0 Å². The Balaban J connectivity index is 1.92. The van der Waals surface area contributed by atoms with Crippen molar-refractivity contribution in [3.8, 4) is 0 Å². The van der Waals surface area contributed by atoms with Crippen LogP contribution in [0.2, 0.25) is 0 Å². The number of amides is 2. The van der Waals surface area contributed by atoms with Crippen LogP contribution >= 0.6 is 0 Å². The van der Waals surface area contributed by atoms with Crippen molar-refractivity contribution < 1.29 is 4.79 Å². The zero-order chi connectivity index (χ0) is 13.9. The van der Waals surface area contributed by atoms with E-state index in [1.165, 1.54) is 12.8 Å². The molecule has 2 amide bonds. The maximum Gasteiger partial charge on any atom is 0.317 e. The van der Waals surface area contributed by atoms with Crippen LogP contribution in [0.4, 0.5) is 4.79 Å². The van der Waals surface area contributed by atoms with E-state index in [0.717, 1.165) is 44.7 Å². The molecule has 1 heterocycles. The average molecular weight is 267 g/mol. The van der Waals surface area contributed by atoms with Crippen molar-refractivity contribution in [2.24, 2.45) is 17.6 Å². The maximum absolute atomic E-state index is 12.4. The first-order valence-electron chi connectivity index (χ1n) is 7.82. The van der Waals surface area contributed by atoms with Crippen LogP contribution in [0.15, 0.2) is 0 Å². The Morgan fingerprint density at radius 3 is 2.53 bits per heavy atom. The van der Waals surface area contributed by atoms with Gasteiger partial charge in [-0.2, -0.15) is 0 Å². The van der Waals surface area contributed by atoms with Gasteiger partial charge >= 0.3 is 6.03 Å². The molecule has 1 aliphatic carbocycles. The molecule has 2 atom stereocenters. The van der Waals surface area contributed by atoms with Crippen molar-refractivity contribution in [1.82, 2.24) is 10.2 Å². The van der Waals surface area contributed by atoms with Gasteiger partial charge < -0.3 is 16.0 Å². The van der Waals surface area contributed by atoms with Gasteiger partial charge in [0, 0.05) is 19.6 Å². The molecule has 2 rings (SSSR count). The first-order chi connectivity index (χ1) is 9.04. The molecular weight excluding hydrogens is 238 g/mol. The Kier molecular flexibility index (Phi) is 4.71. The van der Waals surface area contributed by atoms with E-state index in [0.29, 0.717) is 12.5 Å². The second-order valence-corrected chi connectivity index (χ2v) is 6.79. The zero-order valence-corrected chi connectivity index (χ0v) is 12.5. The predicted molar refractivity (Wildman–Crippen MR) is 77.9 cm³/mol. The molecule has 0 aromatic carbocycles. The van der Waals surface area contributed by atoms with Crippen LogP contribution in [0.5, 0.6) is 0 Å². The third-order valence-electron chi connectivity index (χ3n) is 4.93. The number of nitrogens with two attached hydrogens (primary N) is 1. The minimum Gasteiger partial charge on any atom is -0.331 e. The molecule has 4 nitrogen and oxygen atoms in total. The number of urea groups is 1. The number of nitrogens with one attached hydrogen (secondary N) is 1. The fourth-order valence-corrected chi connectivity index (χ4v) is 3.53. The number of rotatable bonds is 2. The summed E-state index contributed by atoms with van der Waals surface area (Å²) >= 11 is 0. The summed E-state index contributed by atoms with van der Waals surface area (Å²) in [6.07, 6.45) is 6.75. The number of carbonyl (C=O) groups excluding carboxylic acids is 1. The number of hydrogen-bond acceptors (Lipinski definition) is 2. The Hall–Kier alpha value is -0.770. The predicted octanol–water partition coefficient (Wildman–Crippen LogP) is 2.34. The van der Waals surface area contributed by atoms with Crippen LogP contribution in [-0.4, -0.2) is 36.1 Å². The molecule has 2 fully saturated rings. The molecule has 0 aromatic rings. The lowest BCUT2D eigenvalue weighted by Gasteiger charge is -2.42. The van der Waals surface area contributed by atoms with E-state index < -0.39 is 0 Å². The standard InChI is InChI=1S/C15H29N3O/c1-12-5-8-18(9-6-12)14(19)17-15(11-16)7-3-4-13(2)10-15/h12-13H,3-11,16H2,1-2H3,(H,17,19). The Morgan fingerprint density at radius 1 is 1.26 bits per heavy atom. The fraction of sp³-hybridized carbons (Fsp3) is 0.933. The van der Waals surface area contributed by atoms with E-state index >= 15 is 0 Å². The highest BCUT2D eigenvalue weighted by Crippen LogP contribution is 2.32. The van der Waals surface area contributed by atoms with Crippen molar-refractivity contribution >= 4 is 6.03 Å². The van der Waals surface area contributed by atoms with Gasteiger partial charge in [0.15, 0.2) is 0 Å². The molecule has 0 radical (unpaired) electrons. The van der Waals surface area contributed by atoms with E-state index in [1.54, 1.807) is 0 Å². The van der Waals surface area contributed by atoms with Gasteiger partial charge in [-0.1, -0.05) is 26.7 Å². The van der Waals surface area contributed by atoms with Gasteiger partial charge in [0.2, 0.25) is 0 Å². The Bertz CT molecular complexity index is 313. The molecule has 3 N–H and O–H groups in total. The summed E-state index contributed by atoms with van der Waals surface area (Å²) in [6, 6.07) is 0.103. The van der Waals surface area contributed by atoms with E-state index in [2.05, 4.69) is 19.2 Å². The molecule has 2 unspecified atom stereocenters. The van der Waals surface area contributed by atoms with Crippen molar-refractivity contribution in [2.45, 2.75) is 57.9 Å².